The topological polar surface area (TPSA) is 72.2 Å². The highest BCUT2D eigenvalue weighted by atomic mass is 16.2. The fourth-order valence-corrected chi connectivity index (χ4v) is 1.91. The number of nitrogens with two attached hydrogens (primary N) is 1. The zero-order valence-corrected chi connectivity index (χ0v) is 11.0. The van der Waals surface area contributed by atoms with Crippen molar-refractivity contribution in [2.75, 3.05) is 0 Å². The van der Waals surface area contributed by atoms with Gasteiger partial charge in [0, 0.05) is 17.5 Å². The summed E-state index contributed by atoms with van der Waals surface area (Å²) in [6.45, 7) is 0. The van der Waals surface area contributed by atoms with Crippen molar-refractivity contribution in [3.05, 3.63) is 71.3 Å². The average molecular weight is 268 g/mol. The number of hydrogen-bond acceptors (Lipinski definition) is 3. The van der Waals surface area contributed by atoms with Crippen LogP contribution in [0, 0.1) is 0 Å². The van der Waals surface area contributed by atoms with Gasteiger partial charge in [0.2, 0.25) is 5.91 Å². The second-order valence-corrected chi connectivity index (χ2v) is 4.46. The van der Waals surface area contributed by atoms with Gasteiger partial charge in [-0.15, -0.1) is 0 Å². The Labute approximate surface area is 117 Å². The standard InChI is InChI=1S/C16H16N2O2/c17-18-15(19)11-8-12-6-9-14(10-7-12)16(20)13-4-2-1-3-5-13/h1-7,9-10H,8,11,17H2,(H,18,19). The number of carbonyl (C=O) groups excluding carboxylic acids is 2. The average Bonchev–Trinajstić information content (AvgIpc) is 2.53. The van der Waals surface area contributed by atoms with Crippen LogP contribution in [0.5, 0.6) is 0 Å². The molecule has 2 aromatic rings. The number of aryl methyl sites for hydroxylation is 1. The second-order valence-electron chi connectivity index (χ2n) is 4.46. The van der Waals surface area contributed by atoms with Gasteiger partial charge < -0.3 is 0 Å². The van der Waals surface area contributed by atoms with Gasteiger partial charge in [0.15, 0.2) is 5.78 Å². The predicted molar refractivity (Wildman–Crippen MR) is 77.0 cm³/mol. The van der Waals surface area contributed by atoms with Gasteiger partial charge in [0.05, 0.1) is 0 Å². The number of ketones is 1. The molecule has 0 atom stereocenters. The van der Waals surface area contributed by atoms with E-state index in [0.29, 0.717) is 24.0 Å². The molecule has 0 aromatic heterocycles. The van der Waals surface area contributed by atoms with Gasteiger partial charge in [-0.3, -0.25) is 15.0 Å². The Bertz CT molecular complexity index is 592. The Balaban J connectivity index is 2.05. The molecule has 0 radical (unpaired) electrons. The van der Waals surface area contributed by atoms with Gasteiger partial charge >= 0.3 is 0 Å². The first-order chi connectivity index (χ1) is 9.70. The van der Waals surface area contributed by atoms with Crippen LogP contribution in [0.2, 0.25) is 0 Å². The number of hydrogen-bond donors (Lipinski definition) is 2. The second kappa shape index (κ2) is 6.63. The number of amides is 1. The van der Waals surface area contributed by atoms with Crippen LogP contribution in [-0.2, 0) is 11.2 Å². The molecule has 4 nitrogen and oxygen atoms in total. The third-order valence-corrected chi connectivity index (χ3v) is 3.05. The normalized spacial score (nSPS) is 10.1. The largest absolute Gasteiger partial charge is 0.294 e. The lowest BCUT2D eigenvalue weighted by molar-refractivity contribution is -0.121. The molecule has 0 saturated heterocycles. The molecule has 0 heterocycles. The SMILES string of the molecule is NNC(=O)CCc1ccc(C(=O)c2ccccc2)cc1. The van der Waals surface area contributed by atoms with Crippen molar-refractivity contribution in [1.29, 1.82) is 0 Å². The van der Waals surface area contributed by atoms with Gasteiger partial charge in [0.25, 0.3) is 0 Å². The Morgan fingerprint density at radius 2 is 1.50 bits per heavy atom. The van der Waals surface area contributed by atoms with E-state index in [1.165, 1.54) is 0 Å². The van der Waals surface area contributed by atoms with Crippen LogP contribution in [0.15, 0.2) is 54.6 Å². The van der Waals surface area contributed by atoms with Gasteiger partial charge in [-0.05, 0) is 12.0 Å². The highest BCUT2D eigenvalue weighted by Crippen LogP contribution is 2.12. The molecule has 20 heavy (non-hydrogen) atoms. The smallest absolute Gasteiger partial charge is 0.234 e. The lowest BCUT2D eigenvalue weighted by Gasteiger charge is -2.04. The molecule has 0 spiro atoms. The number of rotatable bonds is 5. The summed E-state index contributed by atoms with van der Waals surface area (Å²) in [5.74, 6) is 4.82. The minimum Gasteiger partial charge on any atom is -0.294 e. The van der Waals surface area contributed by atoms with Gasteiger partial charge in [-0.1, -0.05) is 54.6 Å². The highest BCUT2D eigenvalue weighted by Gasteiger charge is 2.08. The summed E-state index contributed by atoms with van der Waals surface area (Å²) in [6.07, 6.45) is 0.936. The summed E-state index contributed by atoms with van der Waals surface area (Å²) < 4.78 is 0. The van der Waals surface area contributed by atoms with Crippen molar-refractivity contribution in [2.45, 2.75) is 12.8 Å². The number of hydrazine groups is 1. The summed E-state index contributed by atoms with van der Waals surface area (Å²) in [6, 6.07) is 16.4. The van der Waals surface area contributed by atoms with Crippen LogP contribution in [0.25, 0.3) is 0 Å². The van der Waals surface area contributed by atoms with Crippen LogP contribution in [0.4, 0.5) is 0 Å². The van der Waals surface area contributed by atoms with Gasteiger partial charge in [-0.2, -0.15) is 0 Å². The van der Waals surface area contributed by atoms with E-state index in [0.717, 1.165) is 5.56 Å². The van der Waals surface area contributed by atoms with E-state index in [1.54, 1.807) is 24.3 Å². The molecule has 4 heteroatoms. The van der Waals surface area contributed by atoms with E-state index < -0.39 is 0 Å². The number of nitrogens with one attached hydrogen (secondary N) is 1. The van der Waals surface area contributed by atoms with Crippen LogP contribution in [0.3, 0.4) is 0 Å². The molecule has 0 bridgehead atoms. The third-order valence-electron chi connectivity index (χ3n) is 3.05. The molecule has 102 valence electrons. The summed E-state index contributed by atoms with van der Waals surface area (Å²) in [5, 5.41) is 0. The Kier molecular flexibility index (Phi) is 4.63. The summed E-state index contributed by atoms with van der Waals surface area (Å²) in [4.78, 5) is 23.2. The Morgan fingerprint density at radius 3 is 2.10 bits per heavy atom. The van der Waals surface area contributed by atoms with Gasteiger partial charge in [0.1, 0.15) is 0 Å². The van der Waals surface area contributed by atoms with Crippen molar-refractivity contribution in [2.24, 2.45) is 5.84 Å². The molecule has 0 aliphatic heterocycles. The molecule has 0 aliphatic carbocycles. The zero-order valence-electron chi connectivity index (χ0n) is 11.0. The molecular formula is C16H16N2O2. The fraction of sp³-hybridized carbons (Fsp3) is 0.125. The summed E-state index contributed by atoms with van der Waals surface area (Å²) in [7, 11) is 0. The third kappa shape index (κ3) is 3.52. The maximum atomic E-state index is 12.2. The predicted octanol–water partition coefficient (Wildman–Crippen LogP) is 1.84. The van der Waals surface area contributed by atoms with E-state index in [-0.39, 0.29) is 11.7 Å². The van der Waals surface area contributed by atoms with Crippen molar-refractivity contribution in [3.8, 4) is 0 Å². The van der Waals surface area contributed by atoms with Crippen molar-refractivity contribution >= 4 is 11.7 Å². The minimum atomic E-state index is -0.200. The maximum Gasteiger partial charge on any atom is 0.234 e. The van der Waals surface area contributed by atoms with Crippen LogP contribution in [-0.4, -0.2) is 11.7 Å². The molecule has 3 N–H and O–H groups in total. The lowest BCUT2D eigenvalue weighted by atomic mass is 10.0. The van der Waals surface area contributed by atoms with Crippen molar-refractivity contribution in [1.82, 2.24) is 5.43 Å². The molecule has 0 unspecified atom stereocenters. The van der Waals surface area contributed by atoms with E-state index in [1.807, 2.05) is 30.3 Å². The van der Waals surface area contributed by atoms with Gasteiger partial charge in [-0.25, -0.2) is 5.84 Å². The summed E-state index contributed by atoms with van der Waals surface area (Å²) >= 11 is 0. The van der Waals surface area contributed by atoms with E-state index in [4.69, 9.17) is 5.84 Å². The molecule has 1 amide bonds. The Morgan fingerprint density at radius 1 is 0.900 bits per heavy atom. The molecule has 0 fully saturated rings. The first-order valence-electron chi connectivity index (χ1n) is 6.39. The van der Waals surface area contributed by atoms with Crippen LogP contribution < -0.4 is 11.3 Å². The lowest BCUT2D eigenvalue weighted by Crippen LogP contribution is -2.30. The van der Waals surface area contributed by atoms with E-state index in [9.17, 15) is 9.59 Å². The monoisotopic (exact) mass is 268 g/mol. The molecule has 0 saturated carbocycles. The Hall–Kier alpha value is -2.46. The maximum absolute atomic E-state index is 12.2. The number of carbonyl (C=O) groups is 2. The molecule has 2 aromatic carbocycles. The first kappa shape index (κ1) is 14.0. The van der Waals surface area contributed by atoms with Crippen molar-refractivity contribution in [3.63, 3.8) is 0 Å². The zero-order chi connectivity index (χ0) is 14.4. The quantitative estimate of drug-likeness (QED) is 0.376. The summed E-state index contributed by atoms with van der Waals surface area (Å²) in [5.41, 5.74) is 4.40. The number of benzene rings is 2. The minimum absolute atomic E-state index is 0.00292. The molecular weight excluding hydrogens is 252 g/mol. The highest BCUT2D eigenvalue weighted by molar-refractivity contribution is 6.08. The molecule has 0 aliphatic rings. The first-order valence-corrected chi connectivity index (χ1v) is 6.39. The molecule has 2 rings (SSSR count). The fourth-order valence-electron chi connectivity index (χ4n) is 1.91. The van der Waals surface area contributed by atoms with E-state index in [2.05, 4.69) is 5.43 Å². The van der Waals surface area contributed by atoms with Crippen molar-refractivity contribution < 1.29 is 9.59 Å². The van der Waals surface area contributed by atoms with Crippen LogP contribution >= 0.6 is 0 Å². The van der Waals surface area contributed by atoms with Crippen LogP contribution in [0.1, 0.15) is 27.9 Å². The van der Waals surface area contributed by atoms with E-state index >= 15 is 0 Å².